The van der Waals surface area contributed by atoms with Crippen molar-refractivity contribution in [1.82, 2.24) is 5.32 Å². The van der Waals surface area contributed by atoms with E-state index in [4.69, 9.17) is 5.26 Å². The predicted molar refractivity (Wildman–Crippen MR) is 51.7 cm³/mol. The topological polar surface area (TPSA) is 35.8 Å². The zero-order valence-corrected chi connectivity index (χ0v) is 8.43. The van der Waals surface area contributed by atoms with E-state index in [0.717, 1.165) is 19.0 Å². The molecule has 0 aromatic carbocycles. The molecule has 0 saturated heterocycles. The fourth-order valence-corrected chi connectivity index (χ4v) is 0.872. The summed E-state index contributed by atoms with van der Waals surface area (Å²) in [5.41, 5.74) is 0. The van der Waals surface area contributed by atoms with Gasteiger partial charge in [-0.15, -0.1) is 0 Å². The highest BCUT2D eigenvalue weighted by atomic mass is 14.9. The first-order chi connectivity index (χ1) is 5.83. The molecule has 1 N–H and O–H groups in total. The Hall–Kier alpha value is -0.550. The molecule has 0 radical (unpaired) electrons. The Balaban J connectivity index is 0.000000561. The van der Waals surface area contributed by atoms with Gasteiger partial charge in [-0.1, -0.05) is 13.8 Å². The lowest BCUT2D eigenvalue weighted by Crippen LogP contribution is -2.22. The van der Waals surface area contributed by atoms with Gasteiger partial charge in [-0.2, -0.15) is 5.26 Å². The third-order valence-electron chi connectivity index (χ3n) is 1.80. The summed E-state index contributed by atoms with van der Waals surface area (Å²) >= 11 is 0. The summed E-state index contributed by atoms with van der Waals surface area (Å²) in [5, 5.41) is 11.7. The van der Waals surface area contributed by atoms with Crippen molar-refractivity contribution in [1.29, 1.82) is 5.26 Å². The fraction of sp³-hybridized carbons (Fsp3) is 0.900. The Kier molecular flexibility index (Phi) is 6.79. The normalized spacial score (nSPS) is 17.2. The number of rotatable bonds is 4. The molecule has 0 bridgehead atoms. The molecule has 0 aromatic rings. The standard InChI is InChI=1S/C8H14N2.C2H6/c1-7(4-9)5-10-6-8-2-3-8;1-2/h7-8,10H,2-3,5-6H2,1H3;1-2H3. The number of hydrogen-bond acceptors (Lipinski definition) is 2. The van der Waals surface area contributed by atoms with Crippen LogP contribution >= 0.6 is 0 Å². The van der Waals surface area contributed by atoms with Crippen LogP contribution in [-0.2, 0) is 0 Å². The Morgan fingerprint density at radius 1 is 1.50 bits per heavy atom. The van der Waals surface area contributed by atoms with Gasteiger partial charge >= 0.3 is 0 Å². The molecule has 12 heavy (non-hydrogen) atoms. The van der Waals surface area contributed by atoms with E-state index in [0.29, 0.717) is 0 Å². The van der Waals surface area contributed by atoms with Crippen molar-refractivity contribution in [2.45, 2.75) is 33.6 Å². The molecule has 1 saturated carbocycles. The maximum Gasteiger partial charge on any atom is 0.0666 e. The van der Waals surface area contributed by atoms with Gasteiger partial charge in [0.15, 0.2) is 0 Å². The van der Waals surface area contributed by atoms with Crippen LogP contribution in [0.2, 0.25) is 0 Å². The molecule has 1 aliphatic carbocycles. The van der Waals surface area contributed by atoms with E-state index >= 15 is 0 Å². The number of hydrogen-bond donors (Lipinski definition) is 1. The SMILES string of the molecule is CC.CC(C#N)CNCC1CC1. The molecule has 2 heteroatoms. The van der Waals surface area contributed by atoms with Crippen LogP contribution in [0, 0.1) is 23.2 Å². The lowest BCUT2D eigenvalue weighted by molar-refractivity contribution is 0.576. The van der Waals surface area contributed by atoms with Gasteiger partial charge in [0.1, 0.15) is 0 Å². The summed E-state index contributed by atoms with van der Waals surface area (Å²) in [5.74, 6) is 1.09. The minimum absolute atomic E-state index is 0.166. The molecule has 1 unspecified atom stereocenters. The first kappa shape index (κ1) is 11.4. The highest BCUT2D eigenvalue weighted by Gasteiger charge is 2.20. The Morgan fingerprint density at radius 2 is 2.08 bits per heavy atom. The quantitative estimate of drug-likeness (QED) is 0.698. The minimum atomic E-state index is 0.166. The molecule has 0 aromatic heterocycles. The lowest BCUT2D eigenvalue weighted by atomic mass is 10.2. The molecule has 0 heterocycles. The smallest absolute Gasteiger partial charge is 0.0666 e. The molecule has 1 aliphatic rings. The van der Waals surface area contributed by atoms with E-state index in [2.05, 4.69) is 11.4 Å². The first-order valence-electron chi connectivity index (χ1n) is 4.93. The highest BCUT2D eigenvalue weighted by Crippen LogP contribution is 2.27. The summed E-state index contributed by atoms with van der Waals surface area (Å²) in [6, 6.07) is 2.20. The monoisotopic (exact) mass is 168 g/mol. The molecule has 1 atom stereocenters. The van der Waals surface area contributed by atoms with Gasteiger partial charge in [0.05, 0.1) is 12.0 Å². The van der Waals surface area contributed by atoms with Crippen LogP contribution in [-0.4, -0.2) is 13.1 Å². The fourth-order valence-electron chi connectivity index (χ4n) is 0.872. The Morgan fingerprint density at radius 3 is 2.50 bits per heavy atom. The van der Waals surface area contributed by atoms with Crippen LogP contribution in [0.3, 0.4) is 0 Å². The molecule has 0 aliphatic heterocycles. The van der Waals surface area contributed by atoms with Crippen LogP contribution in [0.15, 0.2) is 0 Å². The Labute approximate surface area is 76.0 Å². The van der Waals surface area contributed by atoms with Crippen molar-refractivity contribution >= 4 is 0 Å². The van der Waals surface area contributed by atoms with Gasteiger partial charge in [-0.3, -0.25) is 0 Å². The van der Waals surface area contributed by atoms with Crippen molar-refractivity contribution in [3.05, 3.63) is 0 Å². The van der Waals surface area contributed by atoms with Crippen LogP contribution in [0.25, 0.3) is 0 Å². The van der Waals surface area contributed by atoms with Crippen molar-refractivity contribution in [3.63, 3.8) is 0 Å². The average Bonchev–Trinajstić information content (AvgIpc) is 2.92. The van der Waals surface area contributed by atoms with Gasteiger partial charge in [0.2, 0.25) is 0 Å². The molecule has 2 nitrogen and oxygen atoms in total. The van der Waals surface area contributed by atoms with E-state index < -0.39 is 0 Å². The summed E-state index contributed by atoms with van der Waals surface area (Å²) in [4.78, 5) is 0. The third-order valence-corrected chi connectivity index (χ3v) is 1.80. The summed E-state index contributed by atoms with van der Waals surface area (Å²) in [6.45, 7) is 7.92. The van der Waals surface area contributed by atoms with Gasteiger partial charge in [-0.05, 0) is 32.2 Å². The van der Waals surface area contributed by atoms with Gasteiger partial charge in [0, 0.05) is 6.54 Å². The van der Waals surface area contributed by atoms with Crippen LogP contribution < -0.4 is 5.32 Å². The second-order valence-corrected chi connectivity index (χ2v) is 3.13. The zero-order valence-electron chi connectivity index (χ0n) is 8.43. The van der Waals surface area contributed by atoms with E-state index in [-0.39, 0.29) is 5.92 Å². The summed E-state index contributed by atoms with van der Waals surface area (Å²) in [7, 11) is 0. The van der Waals surface area contributed by atoms with E-state index in [9.17, 15) is 0 Å². The number of nitrogens with one attached hydrogen (secondary N) is 1. The van der Waals surface area contributed by atoms with Gasteiger partial charge in [0.25, 0.3) is 0 Å². The summed E-state index contributed by atoms with van der Waals surface area (Å²) in [6.07, 6.45) is 2.77. The predicted octanol–water partition coefficient (Wildman–Crippen LogP) is 2.17. The van der Waals surface area contributed by atoms with Crippen molar-refractivity contribution in [2.24, 2.45) is 11.8 Å². The van der Waals surface area contributed by atoms with Gasteiger partial charge in [-0.25, -0.2) is 0 Å². The molecule has 0 amide bonds. The molecular formula is C10H20N2. The molecule has 70 valence electrons. The molecular weight excluding hydrogens is 148 g/mol. The van der Waals surface area contributed by atoms with Gasteiger partial charge < -0.3 is 5.32 Å². The molecule has 1 fully saturated rings. The minimum Gasteiger partial charge on any atom is -0.315 e. The second kappa shape index (κ2) is 7.12. The van der Waals surface area contributed by atoms with Crippen LogP contribution in [0.1, 0.15) is 33.6 Å². The maximum atomic E-state index is 8.43. The summed E-state index contributed by atoms with van der Waals surface area (Å²) < 4.78 is 0. The lowest BCUT2D eigenvalue weighted by Gasteiger charge is -2.02. The van der Waals surface area contributed by atoms with Crippen LogP contribution in [0.4, 0.5) is 0 Å². The highest BCUT2D eigenvalue weighted by molar-refractivity contribution is 4.82. The van der Waals surface area contributed by atoms with Crippen molar-refractivity contribution in [3.8, 4) is 6.07 Å². The third kappa shape index (κ3) is 6.18. The van der Waals surface area contributed by atoms with Crippen molar-refractivity contribution < 1.29 is 0 Å². The largest absolute Gasteiger partial charge is 0.315 e. The molecule has 1 rings (SSSR count). The van der Waals surface area contributed by atoms with E-state index in [1.165, 1.54) is 12.8 Å². The average molecular weight is 168 g/mol. The van der Waals surface area contributed by atoms with Crippen molar-refractivity contribution in [2.75, 3.05) is 13.1 Å². The van der Waals surface area contributed by atoms with Crippen LogP contribution in [0.5, 0.6) is 0 Å². The zero-order chi connectivity index (χ0) is 9.40. The van der Waals surface area contributed by atoms with E-state index in [1.54, 1.807) is 0 Å². The number of nitrogens with zero attached hydrogens (tertiary/aromatic N) is 1. The number of nitriles is 1. The molecule has 0 spiro atoms. The first-order valence-corrected chi connectivity index (χ1v) is 4.93. The second-order valence-electron chi connectivity index (χ2n) is 3.13. The van der Waals surface area contributed by atoms with E-state index in [1.807, 2.05) is 20.8 Å². The Bertz CT molecular complexity index is 133. The maximum absolute atomic E-state index is 8.43.